The minimum Gasteiger partial charge on any atom is -0.267 e. The van der Waals surface area contributed by atoms with E-state index in [1.165, 1.54) is 0 Å². The Hall–Kier alpha value is -1.21. The number of nitrogens with zero attached hydrogens (tertiary/aromatic N) is 1. The number of halogens is 2. The van der Waals surface area contributed by atoms with Crippen LogP contribution in [0.5, 0.6) is 0 Å². The molecule has 2 aromatic rings. The van der Waals surface area contributed by atoms with E-state index < -0.39 is 0 Å². The summed E-state index contributed by atoms with van der Waals surface area (Å²) in [5, 5.41) is 4.14. The quantitative estimate of drug-likeness (QED) is 0.432. The Morgan fingerprint density at radius 2 is 1.80 bits per heavy atom. The monoisotopic (exact) mass is 442 g/mol. The molecule has 0 aliphatic carbocycles. The molecule has 0 aliphatic heterocycles. The van der Waals surface area contributed by atoms with Gasteiger partial charge in [0.05, 0.1) is 11.3 Å². The number of amides is 1. The Morgan fingerprint density at radius 3 is 2.45 bits per heavy atom. The van der Waals surface area contributed by atoms with Gasteiger partial charge in [0.2, 0.25) is 0 Å². The van der Waals surface area contributed by atoms with Crippen molar-refractivity contribution in [1.29, 1.82) is 0 Å². The summed E-state index contributed by atoms with van der Waals surface area (Å²) in [6, 6.07) is 15.2. The maximum Gasteiger partial charge on any atom is 0.272 e. The van der Waals surface area contributed by atoms with E-state index in [0.29, 0.717) is 5.56 Å². The molecule has 0 aliphatic rings. The fourth-order valence-corrected chi connectivity index (χ4v) is 2.49. The van der Waals surface area contributed by atoms with E-state index in [1.54, 1.807) is 6.07 Å². The first kappa shape index (κ1) is 15.2. The zero-order valence-corrected chi connectivity index (χ0v) is 14.5. The van der Waals surface area contributed by atoms with Crippen LogP contribution in [-0.2, 0) is 0 Å². The highest BCUT2D eigenvalue weighted by atomic mass is 127. The van der Waals surface area contributed by atoms with Crippen LogP contribution in [0.15, 0.2) is 58.1 Å². The Labute approximate surface area is 139 Å². The number of hydrogen-bond donors (Lipinski definition) is 1. The van der Waals surface area contributed by atoms with Gasteiger partial charge in [-0.15, -0.1) is 0 Å². The van der Waals surface area contributed by atoms with Crippen molar-refractivity contribution in [1.82, 2.24) is 5.43 Å². The van der Waals surface area contributed by atoms with E-state index in [4.69, 9.17) is 0 Å². The fraction of sp³-hybridized carbons (Fsp3) is 0.0667. The SMILES string of the molecule is CC(=NNC(=O)c1ccccc1I)c1ccc(Br)cc1. The van der Waals surface area contributed by atoms with Crippen molar-refractivity contribution in [2.75, 3.05) is 0 Å². The maximum atomic E-state index is 12.0. The largest absolute Gasteiger partial charge is 0.272 e. The number of hydrogen-bond acceptors (Lipinski definition) is 2. The Kier molecular flexibility index (Phi) is 5.31. The standard InChI is InChI=1S/C15H12BrIN2O/c1-10(11-6-8-12(16)9-7-11)18-19-15(20)13-4-2-3-5-14(13)17/h2-9H,1H3,(H,19,20). The molecule has 0 radical (unpaired) electrons. The molecule has 5 heteroatoms. The molecule has 0 spiro atoms. The molecular weight excluding hydrogens is 431 g/mol. The van der Waals surface area contributed by atoms with Crippen molar-refractivity contribution < 1.29 is 4.79 Å². The minimum atomic E-state index is -0.202. The predicted octanol–water partition coefficient (Wildman–Crippen LogP) is 4.21. The number of hydrazone groups is 1. The summed E-state index contributed by atoms with van der Waals surface area (Å²) in [4.78, 5) is 12.0. The highest BCUT2D eigenvalue weighted by Crippen LogP contribution is 2.12. The number of rotatable bonds is 3. The highest BCUT2D eigenvalue weighted by molar-refractivity contribution is 14.1. The van der Waals surface area contributed by atoms with E-state index in [0.717, 1.165) is 19.3 Å². The molecule has 1 N–H and O–H groups in total. The van der Waals surface area contributed by atoms with Gasteiger partial charge in [-0.05, 0) is 59.3 Å². The maximum absolute atomic E-state index is 12.0. The summed E-state index contributed by atoms with van der Waals surface area (Å²) in [6.07, 6.45) is 0. The molecule has 3 nitrogen and oxygen atoms in total. The van der Waals surface area contributed by atoms with Crippen LogP contribution in [0.25, 0.3) is 0 Å². The predicted molar refractivity (Wildman–Crippen MR) is 93.0 cm³/mol. The van der Waals surface area contributed by atoms with Gasteiger partial charge in [-0.2, -0.15) is 5.10 Å². The minimum absolute atomic E-state index is 0.202. The molecule has 0 bridgehead atoms. The first-order chi connectivity index (χ1) is 9.58. The lowest BCUT2D eigenvalue weighted by molar-refractivity contribution is 0.0954. The number of carbonyl (C=O) groups excluding carboxylic acids is 1. The molecule has 2 aromatic carbocycles. The molecule has 0 fully saturated rings. The fourth-order valence-electron chi connectivity index (χ4n) is 1.60. The van der Waals surface area contributed by atoms with Crippen LogP contribution in [0.4, 0.5) is 0 Å². The van der Waals surface area contributed by atoms with Gasteiger partial charge in [-0.3, -0.25) is 4.79 Å². The summed E-state index contributed by atoms with van der Waals surface area (Å²) in [7, 11) is 0. The molecule has 0 saturated heterocycles. The van der Waals surface area contributed by atoms with Crippen molar-refractivity contribution in [2.45, 2.75) is 6.92 Å². The lowest BCUT2D eigenvalue weighted by Gasteiger charge is -2.04. The normalized spacial score (nSPS) is 11.2. The van der Waals surface area contributed by atoms with Crippen LogP contribution in [0.1, 0.15) is 22.8 Å². The first-order valence-corrected chi connectivity index (χ1v) is 7.80. The van der Waals surface area contributed by atoms with E-state index >= 15 is 0 Å². The van der Waals surface area contributed by atoms with Gasteiger partial charge >= 0.3 is 0 Å². The zero-order chi connectivity index (χ0) is 14.5. The van der Waals surface area contributed by atoms with Crippen molar-refractivity contribution in [3.05, 3.63) is 67.7 Å². The van der Waals surface area contributed by atoms with Crippen LogP contribution in [-0.4, -0.2) is 11.6 Å². The van der Waals surface area contributed by atoms with Gasteiger partial charge < -0.3 is 0 Å². The van der Waals surface area contributed by atoms with Gasteiger partial charge in [0.25, 0.3) is 5.91 Å². The lowest BCUT2D eigenvalue weighted by Crippen LogP contribution is -2.20. The summed E-state index contributed by atoms with van der Waals surface area (Å²) < 4.78 is 1.91. The van der Waals surface area contributed by atoms with Crippen molar-refractivity contribution >= 4 is 50.1 Å². The van der Waals surface area contributed by atoms with Gasteiger partial charge in [-0.25, -0.2) is 5.43 Å². The molecule has 1 amide bonds. The summed E-state index contributed by atoms with van der Waals surface area (Å²) in [6.45, 7) is 1.86. The lowest BCUT2D eigenvalue weighted by atomic mass is 10.1. The second-order valence-corrected chi connectivity index (χ2v) is 6.20. The molecular formula is C15H12BrIN2O. The molecule has 2 rings (SSSR count). The third kappa shape index (κ3) is 3.89. The number of carbonyl (C=O) groups is 1. The van der Waals surface area contributed by atoms with Crippen molar-refractivity contribution in [3.63, 3.8) is 0 Å². The molecule has 20 heavy (non-hydrogen) atoms. The van der Waals surface area contributed by atoms with Crippen LogP contribution in [0.2, 0.25) is 0 Å². The van der Waals surface area contributed by atoms with Gasteiger partial charge in [-0.1, -0.05) is 40.2 Å². The Morgan fingerprint density at radius 1 is 1.15 bits per heavy atom. The topological polar surface area (TPSA) is 41.5 Å². The number of nitrogens with one attached hydrogen (secondary N) is 1. The molecule has 0 heterocycles. The van der Waals surface area contributed by atoms with Crippen molar-refractivity contribution in [3.8, 4) is 0 Å². The molecule has 0 saturated carbocycles. The Balaban J connectivity index is 2.11. The average Bonchev–Trinajstić information content (AvgIpc) is 2.45. The van der Waals surface area contributed by atoms with Crippen LogP contribution >= 0.6 is 38.5 Å². The molecule has 0 atom stereocenters. The third-order valence-corrected chi connectivity index (χ3v) is 4.17. The van der Waals surface area contributed by atoms with Gasteiger partial charge in [0.1, 0.15) is 0 Å². The highest BCUT2D eigenvalue weighted by Gasteiger charge is 2.08. The van der Waals surface area contributed by atoms with E-state index in [2.05, 4.69) is 49.0 Å². The smallest absolute Gasteiger partial charge is 0.267 e. The van der Waals surface area contributed by atoms with Crippen molar-refractivity contribution in [2.24, 2.45) is 5.10 Å². The second kappa shape index (κ2) is 6.99. The van der Waals surface area contributed by atoms with E-state index in [-0.39, 0.29) is 5.91 Å². The summed E-state index contributed by atoms with van der Waals surface area (Å²) in [5.41, 5.74) is 4.94. The molecule has 102 valence electrons. The number of benzene rings is 2. The van der Waals surface area contributed by atoms with E-state index in [9.17, 15) is 4.79 Å². The summed E-state index contributed by atoms with van der Waals surface area (Å²) in [5.74, 6) is -0.202. The zero-order valence-electron chi connectivity index (χ0n) is 10.7. The van der Waals surface area contributed by atoms with Gasteiger partial charge in [0, 0.05) is 8.04 Å². The first-order valence-electron chi connectivity index (χ1n) is 5.93. The molecule has 0 aromatic heterocycles. The average molecular weight is 443 g/mol. The van der Waals surface area contributed by atoms with E-state index in [1.807, 2.05) is 49.4 Å². The Bertz CT molecular complexity index is 653. The molecule has 0 unspecified atom stereocenters. The van der Waals surface area contributed by atoms with Gasteiger partial charge in [0.15, 0.2) is 0 Å². The van der Waals surface area contributed by atoms with Crippen LogP contribution in [0.3, 0.4) is 0 Å². The third-order valence-electron chi connectivity index (χ3n) is 2.71. The summed E-state index contributed by atoms with van der Waals surface area (Å²) >= 11 is 5.52. The van der Waals surface area contributed by atoms with Crippen LogP contribution < -0.4 is 5.43 Å². The van der Waals surface area contributed by atoms with Crippen LogP contribution in [0, 0.1) is 3.57 Å². The second-order valence-electron chi connectivity index (χ2n) is 4.12.